The van der Waals surface area contributed by atoms with E-state index in [0.29, 0.717) is 5.82 Å². The van der Waals surface area contributed by atoms with Crippen molar-refractivity contribution in [3.63, 3.8) is 0 Å². The van der Waals surface area contributed by atoms with E-state index in [9.17, 15) is 0 Å². The van der Waals surface area contributed by atoms with Crippen molar-refractivity contribution in [2.75, 3.05) is 12.8 Å². The van der Waals surface area contributed by atoms with Gasteiger partial charge in [-0.1, -0.05) is 6.92 Å². The van der Waals surface area contributed by atoms with Crippen molar-refractivity contribution < 1.29 is 4.74 Å². The Kier molecular flexibility index (Phi) is 2.46. The highest BCUT2D eigenvalue weighted by atomic mass is 16.5. The third kappa shape index (κ3) is 1.61. The molecule has 0 atom stereocenters. The molecule has 2 aromatic rings. The summed E-state index contributed by atoms with van der Waals surface area (Å²) in [5, 5.41) is 2.12. The van der Waals surface area contributed by atoms with Crippen molar-refractivity contribution in [1.29, 1.82) is 0 Å². The predicted octanol–water partition coefficient (Wildman–Crippen LogP) is 2.39. The molecule has 1 aromatic carbocycles. The van der Waals surface area contributed by atoms with Crippen molar-refractivity contribution in [1.82, 2.24) is 4.98 Å². The minimum atomic E-state index is 0.574. The lowest BCUT2D eigenvalue weighted by Gasteiger charge is -2.08. The molecule has 0 aliphatic carbocycles. The quantitative estimate of drug-likeness (QED) is 0.813. The number of ether oxygens (including phenoxy) is 1. The predicted molar refractivity (Wildman–Crippen MR) is 62.1 cm³/mol. The monoisotopic (exact) mass is 202 g/mol. The number of hydrogen-bond acceptors (Lipinski definition) is 3. The number of nitrogen functional groups attached to an aromatic ring is 1. The van der Waals surface area contributed by atoms with Gasteiger partial charge in [-0.15, -0.1) is 0 Å². The van der Waals surface area contributed by atoms with Crippen LogP contribution in [0, 0.1) is 0 Å². The van der Waals surface area contributed by atoms with Crippen LogP contribution in [0.4, 0.5) is 5.82 Å². The molecule has 0 spiro atoms. The van der Waals surface area contributed by atoms with Crippen LogP contribution in [-0.2, 0) is 6.42 Å². The molecule has 3 heteroatoms. The van der Waals surface area contributed by atoms with E-state index in [1.54, 1.807) is 7.11 Å². The van der Waals surface area contributed by atoms with Gasteiger partial charge in [0.1, 0.15) is 11.6 Å². The summed E-state index contributed by atoms with van der Waals surface area (Å²) in [6.07, 6.45) is 2.77. The summed E-state index contributed by atoms with van der Waals surface area (Å²) in [7, 11) is 1.66. The van der Waals surface area contributed by atoms with Gasteiger partial charge in [-0.2, -0.15) is 0 Å². The molecule has 3 nitrogen and oxygen atoms in total. The van der Waals surface area contributed by atoms with E-state index in [0.717, 1.165) is 22.9 Å². The second kappa shape index (κ2) is 3.77. The molecule has 1 heterocycles. The molecule has 0 saturated heterocycles. The second-order valence-corrected chi connectivity index (χ2v) is 3.43. The Morgan fingerprint density at radius 2 is 2.13 bits per heavy atom. The summed E-state index contributed by atoms with van der Waals surface area (Å²) in [5.74, 6) is 1.42. The average Bonchev–Trinajstić information content (AvgIpc) is 2.29. The second-order valence-electron chi connectivity index (χ2n) is 3.43. The highest BCUT2D eigenvalue weighted by molar-refractivity contribution is 5.94. The van der Waals surface area contributed by atoms with E-state index >= 15 is 0 Å². The summed E-state index contributed by atoms with van der Waals surface area (Å²) >= 11 is 0. The van der Waals surface area contributed by atoms with Crippen LogP contribution in [0.15, 0.2) is 24.4 Å². The number of hydrogen-bond donors (Lipinski definition) is 1. The highest BCUT2D eigenvalue weighted by Gasteiger charge is 2.05. The molecule has 0 bridgehead atoms. The van der Waals surface area contributed by atoms with Crippen molar-refractivity contribution in [2.45, 2.75) is 13.3 Å². The van der Waals surface area contributed by atoms with Gasteiger partial charge in [-0.05, 0) is 35.6 Å². The maximum absolute atomic E-state index is 5.82. The Morgan fingerprint density at radius 1 is 1.33 bits per heavy atom. The molecule has 0 aliphatic rings. The van der Waals surface area contributed by atoms with Crippen LogP contribution in [0.1, 0.15) is 12.5 Å². The third-order valence-electron chi connectivity index (χ3n) is 2.59. The number of benzene rings is 1. The number of methoxy groups -OCH3 is 1. The molecule has 0 unspecified atom stereocenters. The van der Waals surface area contributed by atoms with Gasteiger partial charge in [0.15, 0.2) is 0 Å². The first kappa shape index (κ1) is 9.77. The lowest BCUT2D eigenvalue weighted by Crippen LogP contribution is -1.95. The number of nitrogens with zero attached hydrogens (tertiary/aromatic N) is 1. The molecule has 0 saturated carbocycles. The summed E-state index contributed by atoms with van der Waals surface area (Å²) in [4.78, 5) is 4.17. The van der Waals surface area contributed by atoms with E-state index in [2.05, 4.69) is 11.9 Å². The molecule has 78 valence electrons. The fraction of sp³-hybridized carbons (Fsp3) is 0.250. The topological polar surface area (TPSA) is 48.1 Å². The van der Waals surface area contributed by atoms with Crippen LogP contribution in [-0.4, -0.2) is 12.1 Å². The molecule has 0 aliphatic heterocycles. The van der Waals surface area contributed by atoms with E-state index in [1.165, 1.54) is 5.56 Å². The Hall–Kier alpha value is -1.77. The zero-order valence-corrected chi connectivity index (χ0v) is 8.95. The van der Waals surface area contributed by atoms with Crippen LogP contribution >= 0.6 is 0 Å². The standard InChI is InChI=1S/C12H14N2O/c1-3-8-7-14-12(13)10-5-4-9(15-2)6-11(8)10/h4-7H,3H2,1-2H3,(H2,13,14). The SMILES string of the molecule is CCc1cnc(N)c2ccc(OC)cc12. The average molecular weight is 202 g/mol. The van der Waals surface area contributed by atoms with E-state index in [-0.39, 0.29) is 0 Å². The number of fused-ring (bicyclic) bond motifs is 1. The van der Waals surface area contributed by atoms with Crippen molar-refractivity contribution in [3.8, 4) is 5.75 Å². The number of rotatable bonds is 2. The van der Waals surface area contributed by atoms with E-state index in [4.69, 9.17) is 10.5 Å². The first-order valence-electron chi connectivity index (χ1n) is 4.97. The van der Waals surface area contributed by atoms with Crippen molar-refractivity contribution in [2.24, 2.45) is 0 Å². The molecule has 0 radical (unpaired) electrons. The van der Waals surface area contributed by atoms with Gasteiger partial charge < -0.3 is 10.5 Å². The van der Waals surface area contributed by atoms with Gasteiger partial charge in [0, 0.05) is 11.6 Å². The lowest BCUT2D eigenvalue weighted by molar-refractivity contribution is 0.415. The maximum atomic E-state index is 5.82. The van der Waals surface area contributed by atoms with Crippen LogP contribution in [0.5, 0.6) is 5.75 Å². The van der Waals surface area contributed by atoms with Crippen LogP contribution < -0.4 is 10.5 Å². The normalized spacial score (nSPS) is 10.5. The van der Waals surface area contributed by atoms with Gasteiger partial charge >= 0.3 is 0 Å². The molecule has 2 rings (SSSR count). The van der Waals surface area contributed by atoms with Gasteiger partial charge in [0.05, 0.1) is 7.11 Å². The number of pyridine rings is 1. The van der Waals surface area contributed by atoms with E-state index < -0.39 is 0 Å². The number of nitrogens with two attached hydrogens (primary N) is 1. The number of anilines is 1. The Bertz CT molecular complexity index is 494. The van der Waals surface area contributed by atoms with Crippen LogP contribution in [0.2, 0.25) is 0 Å². The van der Waals surface area contributed by atoms with Crippen molar-refractivity contribution in [3.05, 3.63) is 30.0 Å². The smallest absolute Gasteiger partial charge is 0.131 e. The number of aromatic nitrogens is 1. The minimum Gasteiger partial charge on any atom is -0.497 e. The van der Waals surface area contributed by atoms with Gasteiger partial charge in [0.2, 0.25) is 0 Å². The first-order chi connectivity index (χ1) is 7.26. The Balaban J connectivity index is 2.77. The van der Waals surface area contributed by atoms with Gasteiger partial charge in [-0.3, -0.25) is 0 Å². The number of aryl methyl sites for hydroxylation is 1. The summed E-state index contributed by atoms with van der Waals surface area (Å²) in [6, 6.07) is 5.86. The van der Waals surface area contributed by atoms with E-state index in [1.807, 2.05) is 24.4 Å². The third-order valence-corrected chi connectivity index (χ3v) is 2.59. The van der Waals surface area contributed by atoms with Gasteiger partial charge in [-0.25, -0.2) is 4.98 Å². The molecule has 0 fully saturated rings. The fourth-order valence-electron chi connectivity index (χ4n) is 1.71. The fourth-order valence-corrected chi connectivity index (χ4v) is 1.71. The molecule has 1 aromatic heterocycles. The highest BCUT2D eigenvalue weighted by Crippen LogP contribution is 2.26. The zero-order chi connectivity index (χ0) is 10.8. The minimum absolute atomic E-state index is 0.574. The Labute approximate surface area is 88.9 Å². The van der Waals surface area contributed by atoms with Crippen LogP contribution in [0.25, 0.3) is 10.8 Å². The lowest BCUT2D eigenvalue weighted by atomic mass is 10.1. The molecule has 2 N–H and O–H groups in total. The molecule has 0 amide bonds. The zero-order valence-electron chi connectivity index (χ0n) is 8.95. The largest absolute Gasteiger partial charge is 0.497 e. The molecular formula is C12H14N2O. The molecular weight excluding hydrogens is 188 g/mol. The summed E-state index contributed by atoms with van der Waals surface area (Å²) < 4.78 is 5.20. The first-order valence-corrected chi connectivity index (χ1v) is 4.97. The summed E-state index contributed by atoms with van der Waals surface area (Å²) in [6.45, 7) is 2.10. The Morgan fingerprint density at radius 3 is 2.80 bits per heavy atom. The molecule has 15 heavy (non-hydrogen) atoms. The van der Waals surface area contributed by atoms with Crippen molar-refractivity contribution >= 4 is 16.6 Å². The maximum Gasteiger partial charge on any atom is 0.131 e. The van der Waals surface area contributed by atoms with Gasteiger partial charge in [0.25, 0.3) is 0 Å². The van der Waals surface area contributed by atoms with Crippen LogP contribution in [0.3, 0.4) is 0 Å². The summed E-state index contributed by atoms with van der Waals surface area (Å²) in [5.41, 5.74) is 7.01.